The molecule has 0 atom stereocenters. The van der Waals surface area contributed by atoms with Gasteiger partial charge in [0.25, 0.3) is 0 Å². The van der Waals surface area contributed by atoms with Crippen LogP contribution in [0.2, 0.25) is 0 Å². The minimum Gasteiger partial charge on any atom is -0.302 e. The summed E-state index contributed by atoms with van der Waals surface area (Å²) in [6, 6.07) is 7.02. The molecule has 18 heavy (non-hydrogen) atoms. The first kappa shape index (κ1) is 11.4. The van der Waals surface area contributed by atoms with Gasteiger partial charge in [-0.2, -0.15) is 0 Å². The summed E-state index contributed by atoms with van der Waals surface area (Å²) in [7, 11) is 0. The Kier molecular flexibility index (Phi) is 2.86. The first-order valence-corrected chi connectivity index (χ1v) is 6.31. The maximum Gasteiger partial charge on any atom is 0.128 e. The summed E-state index contributed by atoms with van der Waals surface area (Å²) in [4.78, 5) is 8.57. The number of benzene rings is 1. The summed E-state index contributed by atoms with van der Waals surface area (Å²) in [5.41, 5.74) is 4.62. The predicted molar refractivity (Wildman–Crippen MR) is 75.9 cm³/mol. The molecule has 0 saturated carbocycles. The van der Waals surface area contributed by atoms with Gasteiger partial charge in [0.2, 0.25) is 0 Å². The molecule has 0 aliphatic rings. The molecule has 0 aliphatic heterocycles. The van der Waals surface area contributed by atoms with Crippen molar-refractivity contribution in [3.63, 3.8) is 0 Å². The summed E-state index contributed by atoms with van der Waals surface area (Å²) < 4.78 is 15.2. The Labute approximate surface area is 116 Å². The van der Waals surface area contributed by atoms with Crippen molar-refractivity contribution >= 4 is 33.8 Å². The highest BCUT2D eigenvalue weighted by Gasteiger charge is 2.05. The SMILES string of the molecule is FNc1cccc(-c2cn3cnc(I)c3cn2)c1. The van der Waals surface area contributed by atoms with Gasteiger partial charge in [-0.15, -0.1) is 4.48 Å². The number of rotatable bonds is 2. The van der Waals surface area contributed by atoms with E-state index in [0.29, 0.717) is 5.69 Å². The monoisotopic (exact) mass is 354 g/mol. The fourth-order valence-electron chi connectivity index (χ4n) is 1.75. The van der Waals surface area contributed by atoms with Gasteiger partial charge in [-0.25, -0.2) is 10.5 Å². The molecule has 0 saturated heterocycles. The number of halogens is 2. The number of imidazole rings is 1. The molecule has 6 heteroatoms. The second-order valence-electron chi connectivity index (χ2n) is 3.78. The minimum atomic E-state index is 0.412. The summed E-state index contributed by atoms with van der Waals surface area (Å²) >= 11 is 2.16. The van der Waals surface area contributed by atoms with E-state index in [4.69, 9.17) is 0 Å². The predicted octanol–water partition coefficient (Wildman–Crippen LogP) is 3.30. The average molecular weight is 354 g/mol. The maximum atomic E-state index is 12.4. The molecule has 90 valence electrons. The van der Waals surface area contributed by atoms with E-state index in [1.807, 2.05) is 16.7 Å². The van der Waals surface area contributed by atoms with Crippen molar-refractivity contribution in [1.29, 1.82) is 0 Å². The van der Waals surface area contributed by atoms with Gasteiger partial charge in [0, 0.05) is 11.8 Å². The normalized spacial score (nSPS) is 10.8. The zero-order valence-corrected chi connectivity index (χ0v) is 11.3. The van der Waals surface area contributed by atoms with Crippen LogP contribution >= 0.6 is 22.6 Å². The maximum absolute atomic E-state index is 12.4. The Balaban J connectivity index is 2.13. The first-order valence-electron chi connectivity index (χ1n) is 5.23. The van der Waals surface area contributed by atoms with Crippen molar-refractivity contribution < 1.29 is 4.48 Å². The highest BCUT2D eigenvalue weighted by atomic mass is 127. The number of hydrogen-bond acceptors (Lipinski definition) is 3. The molecule has 0 spiro atoms. The standard InChI is InChI=1S/C12H8FIN4/c13-17-9-3-1-2-8(4-9)10-6-18-7-16-12(14)11(18)5-15-10/h1-7,17H. The smallest absolute Gasteiger partial charge is 0.128 e. The minimum absolute atomic E-state index is 0.412. The van der Waals surface area contributed by atoms with Crippen LogP contribution < -0.4 is 5.54 Å². The van der Waals surface area contributed by atoms with E-state index in [0.717, 1.165) is 20.5 Å². The molecule has 3 aromatic rings. The van der Waals surface area contributed by atoms with Crippen molar-refractivity contribution in [3.05, 3.63) is 46.7 Å². The van der Waals surface area contributed by atoms with E-state index >= 15 is 0 Å². The highest BCUT2D eigenvalue weighted by molar-refractivity contribution is 14.1. The topological polar surface area (TPSA) is 42.2 Å². The molecule has 1 aromatic carbocycles. The molecule has 2 heterocycles. The van der Waals surface area contributed by atoms with Gasteiger partial charge in [-0.1, -0.05) is 12.1 Å². The van der Waals surface area contributed by atoms with Gasteiger partial charge in [0.05, 0.1) is 23.1 Å². The molecule has 1 N–H and O–H groups in total. The third-order valence-electron chi connectivity index (χ3n) is 2.64. The Morgan fingerprint density at radius 3 is 3.00 bits per heavy atom. The Morgan fingerprint density at radius 2 is 2.17 bits per heavy atom. The van der Waals surface area contributed by atoms with Crippen LogP contribution in [0.3, 0.4) is 0 Å². The van der Waals surface area contributed by atoms with Crippen LogP contribution in [0.1, 0.15) is 0 Å². The molecule has 0 radical (unpaired) electrons. The van der Waals surface area contributed by atoms with E-state index in [1.165, 1.54) is 0 Å². The van der Waals surface area contributed by atoms with Crippen LogP contribution in [0.5, 0.6) is 0 Å². The molecular formula is C12H8FIN4. The van der Waals surface area contributed by atoms with Gasteiger partial charge in [-0.05, 0) is 34.7 Å². The molecule has 0 aliphatic carbocycles. The molecule has 0 fully saturated rings. The first-order chi connectivity index (χ1) is 8.78. The van der Waals surface area contributed by atoms with Crippen molar-refractivity contribution in [3.8, 4) is 11.3 Å². The highest BCUT2D eigenvalue weighted by Crippen LogP contribution is 2.22. The van der Waals surface area contributed by atoms with Gasteiger partial charge < -0.3 is 4.40 Å². The zero-order valence-electron chi connectivity index (χ0n) is 9.14. The van der Waals surface area contributed by atoms with Crippen LogP contribution in [0.25, 0.3) is 16.8 Å². The van der Waals surface area contributed by atoms with Crippen molar-refractivity contribution in [2.45, 2.75) is 0 Å². The van der Waals surface area contributed by atoms with Crippen molar-refractivity contribution in [2.75, 3.05) is 5.54 Å². The Hall–Kier alpha value is -1.70. The largest absolute Gasteiger partial charge is 0.302 e. The second-order valence-corrected chi connectivity index (χ2v) is 4.80. The number of hydrogen-bond donors (Lipinski definition) is 1. The summed E-state index contributed by atoms with van der Waals surface area (Å²) in [5, 5.41) is 0. The number of aromatic nitrogens is 3. The lowest BCUT2D eigenvalue weighted by Crippen LogP contribution is -1.90. The molecule has 0 bridgehead atoms. The lowest BCUT2D eigenvalue weighted by molar-refractivity contribution is 0.618. The van der Waals surface area contributed by atoms with Crippen molar-refractivity contribution in [1.82, 2.24) is 14.4 Å². The molecule has 4 nitrogen and oxygen atoms in total. The number of nitrogens with zero attached hydrogens (tertiary/aromatic N) is 3. The van der Waals surface area contributed by atoms with E-state index in [9.17, 15) is 4.48 Å². The molecule has 0 unspecified atom stereocenters. The fraction of sp³-hybridized carbons (Fsp3) is 0. The van der Waals surface area contributed by atoms with Crippen molar-refractivity contribution in [2.24, 2.45) is 0 Å². The van der Waals surface area contributed by atoms with E-state index in [2.05, 4.69) is 32.6 Å². The molecular weight excluding hydrogens is 346 g/mol. The van der Waals surface area contributed by atoms with E-state index in [1.54, 1.807) is 36.3 Å². The van der Waals surface area contributed by atoms with Crippen LogP contribution in [0.15, 0.2) is 43.0 Å². The second kappa shape index (κ2) is 4.52. The average Bonchev–Trinajstić information content (AvgIpc) is 2.80. The number of fused-ring (bicyclic) bond motifs is 1. The molecule has 3 rings (SSSR count). The summed E-state index contributed by atoms with van der Waals surface area (Å²) in [5.74, 6) is 0. The third kappa shape index (κ3) is 1.92. The van der Waals surface area contributed by atoms with Crippen LogP contribution in [-0.2, 0) is 0 Å². The fourth-order valence-corrected chi connectivity index (χ4v) is 2.30. The third-order valence-corrected chi connectivity index (χ3v) is 3.47. The summed E-state index contributed by atoms with van der Waals surface area (Å²) in [6.07, 6.45) is 5.38. The van der Waals surface area contributed by atoms with Crippen LogP contribution in [-0.4, -0.2) is 14.4 Å². The van der Waals surface area contributed by atoms with Gasteiger partial charge in [0.15, 0.2) is 0 Å². The molecule has 2 aromatic heterocycles. The number of nitrogens with one attached hydrogen (secondary N) is 1. The van der Waals surface area contributed by atoms with Crippen LogP contribution in [0.4, 0.5) is 10.2 Å². The van der Waals surface area contributed by atoms with E-state index < -0.39 is 0 Å². The summed E-state index contributed by atoms with van der Waals surface area (Å²) in [6.45, 7) is 0. The van der Waals surface area contributed by atoms with Crippen LogP contribution in [0, 0.1) is 3.70 Å². The zero-order chi connectivity index (χ0) is 12.5. The lowest BCUT2D eigenvalue weighted by atomic mass is 10.1. The quantitative estimate of drug-likeness (QED) is 0.567. The number of anilines is 1. The van der Waals surface area contributed by atoms with Gasteiger partial charge >= 0.3 is 0 Å². The lowest BCUT2D eigenvalue weighted by Gasteiger charge is -2.03. The van der Waals surface area contributed by atoms with Gasteiger partial charge in [0.1, 0.15) is 10.0 Å². The van der Waals surface area contributed by atoms with Gasteiger partial charge in [-0.3, -0.25) is 4.98 Å². The van der Waals surface area contributed by atoms with E-state index in [-0.39, 0.29) is 0 Å². The molecule has 0 amide bonds. The Bertz CT molecular complexity index is 710. The Morgan fingerprint density at radius 1 is 1.28 bits per heavy atom.